The Morgan fingerprint density at radius 3 is 2.76 bits per heavy atom. The Kier molecular flexibility index (Phi) is 5.59. The molecule has 1 aromatic carbocycles. The van der Waals surface area contributed by atoms with Crippen molar-refractivity contribution < 1.29 is 17.5 Å². The Bertz CT molecular complexity index is 1070. The highest BCUT2D eigenvalue weighted by atomic mass is 35.5. The molecular formula is C15H14ClFN2O3S3. The fraction of sp³-hybridized carbons (Fsp3) is 0.267. The topological polar surface area (TPSA) is 60.7 Å². The second-order valence-electron chi connectivity index (χ2n) is 4.97. The van der Waals surface area contributed by atoms with Crippen molar-refractivity contribution in [2.45, 2.75) is 17.7 Å². The van der Waals surface area contributed by atoms with E-state index < -0.39 is 10.0 Å². The molecule has 0 N–H and O–H groups in total. The van der Waals surface area contributed by atoms with Gasteiger partial charge in [0.2, 0.25) is 4.80 Å². The molecule has 0 atom stereocenters. The van der Waals surface area contributed by atoms with Gasteiger partial charge in [-0.15, -0.1) is 15.7 Å². The SMILES string of the molecule is CCOCCn1c(=NS(=O)(=O)c2ccc(Cl)s2)sc2cc(F)ccc21. The van der Waals surface area contributed by atoms with E-state index in [1.165, 1.54) is 24.3 Å². The van der Waals surface area contributed by atoms with Gasteiger partial charge in [0, 0.05) is 13.2 Å². The lowest BCUT2D eigenvalue weighted by Gasteiger charge is -2.05. The van der Waals surface area contributed by atoms with Gasteiger partial charge in [-0.2, -0.15) is 8.42 Å². The minimum Gasteiger partial charge on any atom is -0.380 e. The van der Waals surface area contributed by atoms with E-state index in [2.05, 4.69) is 4.40 Å². The third-order valence-electron chi connectivity index (χ3n) is 3.31. The number of hydrogen-bond acceptors (Lipinski definition) is 5. The Labute approximate surface area is 157 Å². The van der Waals surface area contributed by atoms with Crippen molar-refractivity contribution in [3.05, 3.63) is 45.3 Å². The minimum absolute atomic E-state index is 0.0671. The number of nitrogens with zero attached hydrogens (tertiary/aromatic N) is 2. The van der Waals surface area contributed by atoms with Gasteiger partial charge in [0.1, 0.15) is 10.0 Å². The molecule has 0 spiro atoms. The molecule has 0 aliphatic carbocycles. The predicted molar refractivity (Wildman–Crippen MR) is 98.3 cm³/mol. The average molecular weight is 421 g/mol. The van der Waals surface area contributed by atoms with Crippen molar-refractivity contribution in [3.63, 3.8) is 0 Å². The lowest BCUT2D eigenvalue weighted by molar-refractivity contribution is 0.139. The normalized spacial score (nSPS) is 13.0. The maximum absolute atomic E-state index is 13.5. The van der Waals surface area contributed by atoms with E-state index in [1.807, 2.05) is 6.92 Å². The van der Waals surface area contributed by atoms with Gasteiger partial charge in [0.25, 0.3) is 10.0 Å². The molecule has 134 valence electrons. The van der Waals surface area contributed by atoms with Crippen LogP contribution in [0.2, 0.25) is 4.34 Å². The number of hydrogen-bond donors (Lipinski definition) is 0. The molecule has 0 fully saturated rings. The summed E-state index contributed by atoms with van der Waals surface area (Å²) < 4.78 is 50.6. The van der Waals surface area contributed by atoms with E-state index in [0.29, 0.717) is 34.3 Å². The fourth-order valence-corrected chi connectivity index (χ4v) is 5.96. The first-order chi connectivity index (χ1) is 11.9. The Hall–Kier alpha value is -1.26. The summed E-state index contributed by atoms with van der Waals surface area (Å²) in [5, 5.41) is 0. The Balaban J connectivity index is 2.15. The van der Waals surface area contributed by atoms with Crippen LogP contribution in [0, 0.1) is 5.82 Å². The molecule has 5 nitrogen and oxygen atoms in total. The molecular weight excluding hydrogens is 407 g/mol. The van der Waals surface area contributed by atoms with Crippen molar-refractivity contribution >= 4 is 54.5 Å². The predicted octanol–water partition coefficient (Wildman–Crippen LogP) is 3.88. The highest BCUT2D eigenvalue weighted by molar-refractivity contribution is 7.92. The molecule has 0 amide bonds. The van der Waals surface area contributed by atoms with Gasteiger partial charge in [-0.3, -0.25) is 0 Å². The number of aromatic nitrogens is 1. The van der Waals surface area contributed by atoms with E-state index >= 15 is 0 Å². The number of halogens is 2. The van der Waals surface area contributed by atoms with Gasteiger partial charge in [-0.25, -0.2) is 4.39 Å². The quantitative estimate of drug-likeness (QED) is 0.568. The third kappa shape index (κ3) is 4.12. The molecule has 10 heteroatoms. The molecule has 2 heterocycles. The summed E-state index contributed by atoms with van der Waals surface area (Å²) in [5.74, 6) is -0.384. The van der Waals surface area contributed by atoms with Crippen LogP contribution in [-0.2, 0) is 21.3 Å². The third-order valence-corrected chi connectivity index (χ3v) is 7.43. The van der Waals surface area contributed by atoms with E-state index in [0.717, 1.165) is 22.7 Å². The van der Waals surface area contributed by atoms with Crippen molar-refractivity contribution in [1.82, 2.24) is 4.57 Å². The molecule has 0 unspecified atom stereocenters. The number of rotatable bonds is 6. The van der Waals surface area contributed by atoms with Gasteiger partial charge in [-0.05, 0) is 37.3 Å². The summed E-state index contributed by atoms with van der Waals surface area (Å²) in [6.07, 6.45) is 0. The number of ether oxygens (including phenoxy) is 1. The monoisotopic (exact) mass is 420 g/mol. The molecule has 0 radical (unpaired) electrons. The molecule has 0 aliphatic heterocycles. The molecule has 0 saturated heterocycles. The van der Waals surface area contributed by atoms with Crippen molar-refractivity contribution in [2.24, 2.45) is 4.40 Å². The first-order valence-corrected chi connectivity index (χ1v) is 10.8. The van der Waals surface area contributed by atoms with Crippen LogP contribution in [0.25, 0.3) is 10.2 Å². The number of fused-ring (bicyclic) bond motifs is 1. The van der Waals surface area contributed by atoms with Crippen LogP contribution in [0.3, 0.4) is 0 Å². The summed E-state index contributed by atoms with van der Waals surface area (Å²) in [4.78, 5) is 0.268. The van der Waals surface area contributed by atoms with Crippen molar-refractivity contribution in [1.29, 1.82) is 0 Å². The van der Waals surface area contributed by atoms with E-state index in [1.54, 1.807) is 10.6 Å². The molecule has 2 aromatic heterocycles. The standard InChI is InChI=1S/C15H14ClFN2O3S3/c1-2-22-8-7-19-11-4-3-10(17)9-12(11)23-15(19)18-25(20,21)14-6-5-13(16)24-14/h3-6,9H,2,7-8H2,1H3. The second-order valence-corrected chi connectivity index (χ2v) is 9.53. The van der Waals surface area contributed by atoms with Crippen LogP contribution in [0.4, 0.5) is 4.39 Å². The lowest BCUT2D eigenvalue weighted by Crippen LogP contribution is -2.19. The number of thiazole rings is 1. The molecule has 0 aliphatic rings. The highest BCUT2D eigenvalue weighted by Gasteiger charge is 2.17. The van der Waals surface area contributed by atoms with Crippen LogP contribution in [0.1, 0.15) is 6.92 Å². The highest BCUT2D eigenvalue weighted by Crippen LogP contribution is 2.27. The van der Waals surface area contributed by atoms with Crippen LogP contribution < -0.4 is 4.80 Å². The number of benzene rings is 1. The summed E-state index contributed by atoms with van der Waals surface area (Å²) in [5.41, 5.74) is 0.712. The Morgan fingerprint density at radius 1 is 1.28 bits per heavy atom. The molecule has 0 bridgehead atoms. The lowest BCUT2D eigenvalue weighted by atomic mass is 10.3. The van der Waals surface area contributed by atoms with Crippen molar-refractivity contribution in [2.75, 3.05) is 13.2 Å². The number of thiophene rings is 1. The minimum atomic E-state index is -3.89. The summed E-state index contributed by atoms with van der Waals surface area (Å²) in [6, 6.07) is 7.25. The molecule has 3 rings (SSSR count). The van der Waals surface area contributed by atoms with Crippen LogP contribution in [0.5, 0.6) is 0 Å². The second kappa shape index (κ2) is 7.55. The Morgan fingerprint density at radius 2 is 2.08 bits per heavy atom. The first-order valence-electron chi connectivity index (χ1n) is 7.33. The zero-order valence-electron chi connectivity index (χ0n) is 13.1. The van der Waals surface area contributed by atoms with Gasteiger partial charge in [-0.1, -0.05) is 22.9 Å². The summed E-state index contributed by atoms with van der Waals surface area (Å²) in [6.45, 7) is 3.24. The summed E-state index contributed by atoms with van der Waals surface area (Å²) >= 11 is 7.88. The van der Waals surface area contributed by atoms with Gasteiger partial charge in [0.15, 0.2) is 0 Å². The first kappa shape index (κ1) is 18.5. The van der Waals surface area contributed by atoms with E-state index in [9.17, 15) is 12.8 Å². The largest absolute Gasteiger partial charge is 0.380 e. The molecule has 3 aromatic rings. The van der Waals surface area contributed by atoms with Crippen LogP contribution in [0.15, 0.2) is 38.9 Å². The van der Waals surface area contributed by atoms with Gasteiger partial charge in [0.05, 0.1) is 21.2 Å². The van der Waals surface area contributed by atoms with Gasteiger partial charge >= 0.3 is 0 Å². The molecule has 25 heavy (non-hydrogen) atoms. The van der Waals surface area contributed by atoms with Crippen LogP contribution >= 0.6 is 34.3 Å². The van der Waals surface area contributed by atoms with Crippen LogP contribution in [-0.4, -0.2) is 26.2 Å². The maximum Gasteiger partial charge on any atom is 0.294 e. The maximum atomic E-state index is 13.5. The van der Waals surface area contributed by atoms with Gasteiger partial charge < -0.3 is 9.30 Å². The number of sulfonamides is 1. The fourth-order valence-electron chi connectivity index (χ4n) is 2.22. The summed E-state index contributed by atoms with van der Waals surface area (Å²) in [7, 11) is -3.89. The zero-order valence-corrected chi connectivity index (χ0v) is 16.3. The average Bonchev–Trinajstić information content (AvgIpc) is 3.12. The van der Waals surface area contributed by atoms with E-state index in [4.69, 9.17) is 16.3 Å². The zero-order chi connectivity index (χ0) is 18.0. The van der Waals surface area contributed by atoms with E-state index in [-0.39, 0.29) is 14.8 Å². The molecule has 0 saturated carbocycles. The smallest absolute Gasteiger partial charge is 0.294 e. The van der Waals surface area contributed by atoms with Crippen molar-refractivity contribution in [3.8, 4) is 0 Å².